The highest BCUT2D eigenvalue weighted by molar-refractivity contribution is 5.27. The number of halogens is 3. The summed E-state index contributed by atoms with van der Waals surface area (Å²) in [6.45, 7) is 0. The van der Waals surface area contributed by atoms with Gasteiger partial charge in [0, 0.05) is 0 Å². The fourth-order valence-electron chi connectivity index (χ4n) is 1.65. The predicted octanol–water partition coefficient (Wildman–Crippen LogP) is 3.30. The lowest BCUT2D eigenvalue weighted by Crippen LogP contribution is -2.37. The van der Waals surface area contributed by atoms with Crippen LogP contribution in [0.15, 0.2) is 24.3 Å². The van der Waals surface area contributed by atoms with E-state index in [-0.39, 0.29) is 6.42 Å². The number of alkyl halides is 3. The maximum Gasteiger partial charge on any atom is 0.403 e. The van der Waals surface area contributed by atoms with E-state index >= 15 is 0 Å². The van der Waals surface area contributed by atoms with Crippen molar-refractivity contribution in [1.82, 2.24) is 0 Å². The number of ether oxygens (including phenoxy) is 1. The summed E-state index contributed by atoms with van der Waals surface area (Å²) in [5.74, 6) is 0.776. The third-order valence-corrected chi connectivity index (χ3v) is 2.81. The van der Waals surface area contributed by atoms with Gasteiger partial charge in [-0.2, -0.15) is 13.2 Å². The van der Waals surface area contributed by atoms with Crippen molar-refractivity contribution in [3.63, 3.8) is 0 Å². The normalized spacial score (nSPS) is 13.4. The van der Waals surface area contributed by atoms with E-state index in [4.69, 9.17) is 10.5 Å². The van der Waals surface area contributed by atoms with Crippen molar-refractivity contribution < 1.29 is 17.9 Å². The minimum Gasteiger partial charge on any atom is -0.497 e. The number of aryl methyl sites for hydroxylation is 1. The van der Waals surface area contributed by atoms with E-state index in [1.807, 2.05) is 24.3 Å². The first-order valence-electron chi connectivity index (χ1n) is 5.88. The minimum atomic E-state index is -4.28. The Kier molecular flexibility index (Phi) is 5.47. The molecule has 0 unspecified atom stereocenters. The molecule has 0 radical (unpaired) electrons. The number of benzene rings is 1. The Hall–Kier alpha value is -1.23. The molecule has 2 nitrogen and oxygen atoms in total. The fourth-order valence-corrected chi connectivity index (χ4v) is 1.65. The molecule has 0 spiro atoms. The van der Waals surface area contributed by atoms with Gasteiger partial charge in [-0.05, 0) is 37.0 Å². The molecule has 0 heterocycles. The van der Waals surface area contributed by atoms with Crippen LogP contribution < -0.4 is 10.5 Å². The summed E-state index contributed by atoms with van der Waals surface area (Å²) >= 11 is 0. The van der Waals surface area contributed by atoms with Crippen molar-refractivity contribution in [2.75, 3.05) is 7.11 Å². The monoisotopic (exact) mass is 261 g/mol. The second kappa shape index (κ2) is 6.64. The van der Waals surface area contributed by atoms with E-state index in [0.29, 0.717) is 12.8 Å². The molecule has 2 N–H and O–H groups in total. The van der Waals surface area contributed by atoms with E-state index in [9.17, 15) is 13.2 Å². The van der Waals surface area contributed by atoms with E-state index < -0.39 is 12.2 Å². The average Bonchev–Trinajstić information content (AvgIpc) is 2.34. The highest BCUT2D eigenvalue weighted by atomic mass is 19.4. The SMILES string of the molecule is COc1ccc(CCCC[C@H](N)C(F)(F)F)cc1. The molecule has 1 rings (SSSR count). The van der Waals surface area contributed by atoms with Crippen LogP contribution >= 0.6 is 0 Å². The molecule has 0 amide bonds. The molecule has 1 aromatic rings. The smallest absolute Gasteiger partial charge is 0.403 e. The number of hydrogen-bond acceptors (Lipinski definition) is 2. The molecule has 0 saturated carbocycles. The summed E-state index contributed by atoms with van der Waals surface area (Å²) in [5, 5.41) is 0. The lowest BCUT2D eigenvalue weighted by molar-refractivity contribution is -0.149. The van der Waals surface area contributed by atoms with Gasteiger partial charge in [-0.1, -0.05) is 18.6 Å². The molecular weight excluding hydrogens is 243 g/mol. The summed E-state index contributed by atoms with van der Waals surface area (Å²) in [7, 11) is 1.59. The zero-order valence-corrected chi connectivity index (χ0v) is 10.3. The number of nitrogens with two attached hydrogens (primary N) is 1. The van der Waals surface area contributed by atoms with Gasteiger partial charge in [0.05, 0.1) is 7.11 Å². The molecule has 0 bridgehead atoms. The average molecular weight is 261 g/mol. The van der Waals surface area contributed by atoms with Crippen molar-refractivity contribution in [2.24, 2.45) is 5.73 Å². The second-order valence-electron chi connectivity index (χ2n) is 4.24. The first-order valence-corrected chi connectivity index (χ1v) is 5.88. The molecule has 0 aliphatic heterocycles. The lowest BCUT2D eigenvalue weighted by Gasteiger charge is -2.14. The maximum absolute atomic E-state index is 12.1. The largest absolute Gasteiger partial charge is 0.497 e. The Bertz CT molecular complexity index is 348. The van der Waals surface area contributed by atoms with Crippen LogP contribution in [0.3, 0.4) is 0 Å². The van der Waals surface area contributed by atoms with Gasteiger partial charge in [-0.3, -0.25) is 0 Å². The molecule has 0 aliphatic rings. The Labute approximate surface area is 105 Å². The summed E-state index contributed by atoms with van der Waals surface area (Å²) in [6.07, 6.45) is -2.35. The quantitative estimate of drug-likeness (QED) is 0.797. The number of methoxy groups -OCH3 is 1. The zero-order valence-electron chi connectivity index (χ0n) is 10.3. The van der Waals surface area contributed by atoms with Gasteiger partial charge in [0.15, 0.2) is 0 Å². The number of rotatable bonds is 6. The molecule has 0 aromatic heterocycles. The molecule has 0 aliphatic carbocycles. The molecule has 18 heavy (non-hydrogen) atoms. The lowest BCUT2D eigenvalue weighted by atomic mass is 10.0. The van der Waals surface area contributed by atoms with Crippen LogP contribution in [-0.2, 0) is 6.42 Å². The van der Waals surface area contributed by atoms with Crippen LogP contribution in [0, 0.1) is 0 Å². The van der Waals surface area contributed by atoms with Crippen molar-refractivity contribution in [3.8, 4) is 5.75 Å². The predicted molar refractivity (Wildman–Crippen MR) is 64.6 cm³/mol. The van der Waals surface area contributed by atoms with Crippen LogP contribution in [0.2, 0.25) is 0 Å². The highest BCUT2D eigenvalue weighted by Crippen LogP contribution is 2.22. The van der Waals surface area contributed by atoms with Crippen LogP contribution in [0.25, 0.3) is 0 Å². The van der Waals surface area contributed by atoms with Crippen molar-refractivity contribution in [2.45, 2.75) is 37.9 Å². The van der Waals surface area contributed by atoms with Gasteiger partial charge < -0.3 is 10.5 Å². The topological polar surface area (TPSA) is 35.2 Å². The Morgan fingerprint density at radius 3 is 2.28 bits per heavy atom. The molecule has 102 valence electrons. The van der Waals surface area contributed by atoms with Gasteiger partial charge in [0.25, 0.3) is 0 Å². The minimum absolute atomic E-state index is 0.0142. The van der Waals surface area contributed by atoms with Gasteiger partial charge in [-0.15, -0.1) is 0 Å². The molecular formula is C13H18F3NO. The highest BCUT2D eigenvalue weighted by Gasteiger charge is 2.35. The molecule has 0 saturated heterocycles. The third kappa shape index (κ3) is 4.96. The third-order valence-electron chi connectivity index (χ3n) is 2.81. The van der Waals surface area contributed by atoms with Crippen molar-refractivity contribution in [1.29, 1.82) is 0 Å². The molecule has 0 fully saturated rings. The van der Waals surface area contributed by atoms with Gasteiger partial charge in [-0.25, -0.2) is 0 Å². The van der Waals surface area contributed by atoms with E-state index in [2.05, 4.69) is 0 Å². The number of unbranched alkanes of at least 4 members (excludes halogenated alkanes) is 1. The van der Waals surface area contributed by atoms with Crippen molar-refractivity contribution in [3.05, 3.63) is 29.8 Å². The van der Waals surface area contributed by atoms with Crippen LogP contribution in [0.4, 0.5) is 13.2 Å². The Balaban J connectivity index is 2.25. The summed E-state index contributed by atoms with van der Waals surface area (Å²) in [5.41, 5.74) is 6.12. The zero-order chi connectivity index (χ0) is 13.6. The maximum atomic E-state index is 12.1. The van der Waals surface area contributed by atoms with Crippen molar-refractivity contribution >= 4 is 0 Å². The first kappa shape index (κ1) is 14.8. The van der Waals surface area contributed by atoms with Gasteiger partial charge in [0.1, 0.15) is 11.8 Å². The Morgan fingerprint density at radius 1 is 1.17 bits per heavy atom. The van der Waals surface area contributed by atoms with Gasteiger partial charge in [0.2, 0.25) is 0 Å². The standard InChI is InChI=1S/C13H18F3NO/c1-18-11-8-6-10(7-9-11)4-2-3-5-12(17)13(14,15)16/h6-9,12H,2-5,17H2,1H3/t12-/m0/s1. The van der Waals surface area contributed by atoms with Gasteiger partial charge >= 0.3 is 6.18 Å². The summed E-state index contributed by atoms with van der Waals surface area (Å²) in [4.78, 5) is 0. The first-order chi connectivity index (χ1) is 8.43. The molecule has 1 atom stereocenters. The van der Waals surface area contributed by atoms with E-state index in [0.717, 1.165) is 17.7 Å². The molecule has 5 heteroatoms. The van der Waals surface area contributed by atoms with Crippen LogP contribution in [0.5, 0.6) is 5.75 Å². The summed E-state index contributed by atoms with van der Waals surface area (Å²) in [6, 6.07) is 5.83. The Morgan fingerprint density at radius 2 is 1.78 bits per heavy atom. The molecule has 1 aromatic carbocycles. The number of hydrogen-bond donors (Lipinski definition) is 1. The second-order valence-corrected chi connectivity index (χ2v) is 4.24. The van der Waals surface area contributed by atoms with E-state index in [1.165, 1.54) is 0 Å². The van der Waals surface area contributed by atoms with E-state index in [1.54, 1.807) is 7.11 Å². The summed E-state index contributed by atoms with van der Waals surface area (Å²) < 4.78 is 41.5. The van der Waals surface area contributed by atoms with Crippen LogP contribution in [0.1, 0.15) is 24.8 Å². The fraction of sp³-hybridized carbons (Fsp3) is 0.538. The van der Waals surface area contributed by atoms with Crippen LogP contribution in [-0.4, -0.2) is 19.3 Å².